The van der Waals surface area contributed by atoms with E-state index in [4.69, 9.17) is 4.52 Å². The van der Waals surface area contributed by atoms with Crippen LogP contribution in [0.1, 0.15) is 32.9 Å². The van der Waals surface area contributed by atoms with Crippen LogP contribution in [0.5, 0.6) is 0 Å². The molecule has 0 saturated carbocycles. The maximum absolute atomic E-state index is 13.1. The van der Waals surface area contributed by atoms with Crippen molar-refractivity contribution in [3.05, 3.63) is 64.8 Å². The molecule has 0 spiro atoms. The molecule has 11 heteroatoms. The monoisotopic (exact) mass is 443 g/mol. The summed E-state index contributed by atoms with van der Waals surface area (Å²) in [6.45, 7) is 3.28. The van der Waals surface area contributed by atoms with Gasteiger partial charge in [0.2, 0.25) is 0 Å². The lowest BCUT2D eigenvalue weighted by atomic mass is 10.0. The zero-order valence-electron chi connectivity index (χ0n) is 16.4. The van der Waals surface area contributed by atoms with Crippen LogP contribution in [-0.4, -0.2) is 23.1 Å². The van der Waals surface area contributed by atoms with Crippen LogP contribution < -0.4 is 4.90 Å². The first kappa shape index (κ1) is 22.3. The van der Waals surface area contributed by atoms with Crippen molar-refractivity contribution in [2.75, 3.05) is 11.9 Å². The number of amides is 1. The van der Waals surface area contributed by atoms with Gasteiger partial charge in [0.1, 0.15) is 5.76 Å². The molecule has 5 nitrogen and oxygen atoms in total. The zero-order chi connectivity index (χ0) is 23.1. The fourth-order valence-electron chi connectivity index (χ4n) is 3.11. The summed E-state index contributed by atoms with van der Waals surface area (Å²) >= 11 is 0. The van der Waals surface area contributed by atoms with Crippen molar-refractivity contribution in [3.8, 4) is 11.1 Å². The molecule has 0 radical (unpaired) electrons. The highest BCUT2D eigenvalue weighted by Gasteiger charge is 2.38. The summed E-state index contributed by atoms with van der Waals surface area (Å²) in [4.78, 5) is 17.8. The molecular formula is C20H15F6N3O2. The van der Waals surface area contributed by atoms with E-state index in [9.17, 15) is 31.1 Å². The molecule has 3 aromatic rings. The van der Waals surface area contributed by atoms with E-state index in [1.54, 1.807) is 19.9 Å². The van der Waals surface area contributed by atoms with E-state index in [0.717, 1.165) is 4.90 Å². The summed E-state index contributed by atoms with van der Waals surface area (Å²) in [6.07, 6.45) is -7.43. The number of rotatable bonds is 3. The molecule has 1 amide bonds. The van der Waals surface area contributed by atoms with Crippen LogP contribution in [0.2, 0.25) is 0 Å². The molecule has 0 aliphatic heterocycles. The summed E-state index contributed by atoms with van der Waals surface area (Å²) in [7, 11) is 1.23. The fraction of sp³-hybridized carbons (Fsp3) is 0.250. The second-order valence-corrected chi connectivity index (χ2v) is 6.75. The lowest BCUT2D eigenvalue weighted by Crippen LogP contribution is -2.28. The van der Waals surface area contributed by atoms with E-state index < -0.39 is 35.0 Å². The molecule has 31 heavy (non-hydrogen) atoms. The van der Waals surface area contributed by atoms with Gasteiger partial charge in [-0.15, -0.1) is 0 Å². The summed E-state index contributed by atoms with van der Waals surface area (Å²) in [5.74, 6) is -0.651. The first-order chi connectivity index (χ1) is 14.3. The molecule has 0 bridgehead atoms. The van der Waals surface area contributed by atoms with Gasteiger partial charge in [0.05, 0.1) is 28.7 Å². The van der Waals surface area contributed by atoms with Gasteiger partial charge in [-0.25, -0.2) is 0 Å². The third-order valence-electron chi connectivity index (χ3n) is 4.60. The minimum absolute atomic E-state index is 0.0316. The van der Waals surface area contributed by atoms with E-state index >= 15 is 0 Å². The molecule has 2 heterocycles. The van der Waals surface area contributed by atoms with Gasteiger partial charge in [0.25, 0.3) is 5.91 Å². The van der Waals surface area contributed by atoms with Crippen molar-refractivity contribution in [1.29, 1.82) is 0 Å². The number of aromatic nitrogens is 2. The quantitative estimate of drug-likeness (QED) is 0.490. The van der Waals surface area contributed by atoms with Gasteiger partial charge < -0.3 is 9.42 Å². The van der Waals surface area contributed by atoms with Gasteiger partial charge in [-0.05, 0) is 38.1 Å². The lowest BCUT2D eigenvalue weighted by molar-refractivity contribution is -0.143. The Morgan fingerprint density at radius 1 is 1.00 bits per heavy atom. The highest BCUT2D eigenvalue weighted by atomic mass is 19.4. The molecular weight excluding hydrogens is 428 g/mol. The fourth-order valence-corrected chi connectivity index (χ4v) is 3.11. The normalized spacial score (nSPS) is 12.2. The number of anilines is 1. The molecule has 1 aromatic carbocycles. The van der Waals surface area contributed by atoms with E-state index in [1.807, 2.05) is 0 Å². The predicted octanol–water partition coefficient (Wildman–Crippen LogP) is 5.67. The average Bonchev–Trinajstić information content (AvgIpc) is 3.03. The number of hydrogen-bond acceptors (Lipinski definition) is 4. The van der Waals surface area contributed by atoms with E-state index in [0.29, 0.717) is 34.7 Å². The summed E-state index contributed by atoms with van der Waals surface area (Å²) in [6, 6.07) is 2.29. The molecule has 0 aliphatic carbocycles. The third-order valence-corrected chi connectivity index (χ3v) is 4.60. The van der Waals surface area contributed by atoms with Crippen molar-refractivity contribution >= 4 is 11.6 Å². The molecule has 3 rings (SSSR count). The van der Waals surface area contributed by atoms with Crippen molar-refractivity contribution in [1.82, 2.24) is 10.1 Å². The summed E-state index contributed by atoms with van der Waals surface area (Å²) in [5.41, 5.74) is -2.29. The number of halogens is 6. The van der Waals surface area contributed by atoms with Crippen LogP contribution in [0.4, 0.5) is 32.0 Å². The molecule has 2 aromatic heterocycles. The minimum atomic E-state index is -5.06. The summed E-state index contributed by atoms with van der Waals surface area (Å²) < 4.78 is 84.0. The molecule has 0 unspecified atom stereocenters. The predicted molar refractivity (Wildman–Crippen MR) is 98.4 cm³/mol. The number of benzene rings is 1. The van der Waals surface area contributed by atoms with Gasteiger partial charge in [0.15, 0.2) is 0 Å². The van der Waals surface area contributed by atoms with Crippen molar-refractivity contribution in [2.24, 2.45) is 0 Å². The van der Waals surface area contributed by atoms with Crippen molar-refractivity contribution < 1.29 is 35.7 Å². The maximum Gasteiger partial charge on any atom is 0.416 e. The molecule has 0 aliphatic rings. The minimum Gasteiger partial charge on any atom is -0.361 e. The number of nitrogens with zero attached hydrogens (tertiary/aromatic N) is 3. The Hall–Kier alpha value is -3.37. The molecule has 164 valence electrons. The van der Waals surface area contributed by atoms with Crippen molar-refractivity contribution in [2.45, 2.75) is 26.2 Å². The van der Waals surface area contributed by atoms with Crippen LogP contribution in [0.25, 0.3) is 11.1 Å². The maximum atomic E-state index is 13.1. The number of pyridine rings is 1. The zero-order valence-corrected chi connectivity index (χ0v) is 16.4. The van der Waals surface area contributed by atoms with E-state index in [-0.39, 0.29) is 11.8 Å². The number of alkyl halides is 6. The van der Waals surface area contributed by atoms with Gasteiger partial charge in [-0.3, -0.25) is 9.78 Å². The number of carbonyl (C=O) groups excluding carboxylic acids is 1. The lowest BCUT2D eigenvalue weighted by Gasteiger charge is -2.21. The third kappa shape index (κ3) is 4.39. The van der Waals surface area contributed by atoms with Gasteiger partial charge >= 0.3 is 12.4 Å². The van der Waals surface area contributed by atoms with Crippen LogP contribution in [0, 0.1) is 13.8 Å². The second-order valence-electron chi connectivity index (χ2n) is 6.75. The van der Waals surface area contributed by atoms with Crippen LogP contribution in [0.3, 0.4) is 0 Å². The largest absolute Gasteiger partial charge is 0.416 e. The first-order valence-corrected chi connectivity index (χ1v) is 8.75. The SMILES string of the molecule is Cc1noc(C)c1-c1ccncc1N(C)C(=O)c1cc(C(F)(F)F)cc(C(F)(F)F)c1. The number of carbonyl (C=O) groups is 1. The second kappa shape index (κ2) is 7.71. The smallest absolute Gasteiger partial charge is 0.361 e. The average molecular weight is 443 g/mol. The Morgan fingerprint density at radius 3 is 2.06 bits per heavy atom. The Labute approximate surface area is 172 Å². The van der Waals surface area contributed by atoms with Gasteiger partial charge in [-0.1, -0.05) is 5.16 Å². The Bertz CT molecular complexity index is 1080. The van der Waals surface area contributed by atoms with Crippen LogP contribution in [0.15, 0.2) is 41.2 Å². The van der Waals surface area contributed by atoms with Crippen LogP contribution >= 0.6 is 0 Å². The molecule has 0 N–H and O–H groups in total. The Morgan fingerprint density at radius 2 is 1.58 bits per heavy atom. The van der Waals surface area contributed by atoms with E-state index in [2.05, 4.69) is 10.1 Å². The topological polar surface area (TPSA) is 59.2 Å². The van der Waals surface area contributed by atoms with Gasteiger partial charge in [0, 0.05) is 29.9 Å². The first-order valence-electron chi connectivity index (χ1n) is 8.75. The standard InChI is InChI=1S/C20H15F6N3O2/c1-10-17(11(2)31-28-10)15-4-5-27-9-16(15)29(3)18(30)12-6-13(19(21,22)23)8-14(7-12)20(24,25)26/h4-9H,1-3H3. The number of aryl methyl sites for hydroxylation is 2. The molecule has 0 saturated heterocycles. The molecule has 0 atom stereocenters. The highest BCUT2D eigenvalue weighted by molar-refractivity contribution is 6.08. The Balaban J connectivity index is 2.11. The Kier molecular flexibility index (Phi) is 5.55. The van der Waals surface area contributed by atoms with Crippen molar-refractivity contribution in [3.63, 3.8) is 0 Å². The van der Waals surface area contributed by atoms with Gasteiger partial charge in [-0.2, -0.15) is 26.3 Å². The van der Waals surface area contributed by atoms with E-state index in [1.165, 1.54) is 19.4 Å². The highest BCUT2D eigenvalue weighted by Crippen LogP contribution is 2.38. The van der Waals surface area contributed by atoms with Crippen LogP contribution in [-0.2, 0) is 12.4 Å². The summed E-state index contributed by atoms with van der Waals surface area (Å²) in [5, 5.41) is 3.82. The molecule has 0 fully saturated rings. The number of hydrogen-bond donors (Lipinski definition) is 0.